The van der Waals surface area contributed by atoms with Gasteiger partial charge in [-0.2, -0.15) is 0 Å². The highest BCUT2D eigenvalue weighted by atomic mass is 16.3. The number of amides is 1. The average molecular weight is 435 g/mol. The smallest absolute Gasteiger partial charge is 0.251 e. The van der Waals surface area contributed by atoms with Crippen LogP contribution in [0.5, 0.6) is 0 Å². The highest BCUT2D eigenvalue weighted by Crippen LogP contribution is 2.22. The van der Waals surface area contributed by atoms with E-state index in [9.17, 15) is 15.0 Å². The Balaban J connectivity index is 1.41. The van der Waals surface area contributed by atoms with Crippen LogP contribution < -0.4 is 10.6 Å². The molecule has 1 aromatic heterocycles. The van der Waals surface area contributed by atoms with E-state index in [0.29, 0.717) is 23.6 Å². The van der Waals surface area contributed by atoms with Gasteiger partial charge in [-0.15, -0.1) is 0 Å². The molecular weight excluding hydrogens is 404 g/mol. The number of benzene rings is 2. The molecule has 0 atom stereocenters. The molecule has 0 spiro atoms. The standard InChI is InChI=1S/C25H30N4O3/c1-25(2,32)19-7-3-16(4-8-19)14-26-23(31)17-5-6-18-15-27-24(29-22(18)13-17)28-20-9-11-21(30)12-10-20/h3-8,13,15,20-21,30,32H,9-12,14H2,1-2H3,(H,26,31)(H,27,28,29)/t20-,21-. The number of hydrogen-bond acceptors (Lipinski definition) is 6. The van der Waals surface area contributed by atoms with Crippen molar-refractivity contribution in [1.82, 2.24) is 15.3 Å². The molecule has 2 aromatic carbocycles. The second-order valence-electron chi connectivity index (χ2n) is 9.06. The van der Waals surface area contributed by atoms with Gasteiger partial charge in [0.05, 0.1) is 17.2 Å². The molecule has 32 heavy (non-hydrogen) atoms. The lowest BCUT2D eigenvalue weighted by Crippen LogP contribution is -2.28. The molecule has 4 rings (SSSR count). The van der Waals surface area contributed by atoms with Crippen molar-refractivity contribution in [2.75, 3.05) is 5.32 Å². The summed E-state index contributed by atoms with van der Waals surface area (Å²) in [6.07, 6.45) is 4.91. The van der Waals surface area contributed by atoms with E-state index in [2.05, 4.69) is 20.6 Å². The molecule has 1 saturated carbocycles. The first-order valence-corrected chi connectivity index (χ1v) is 11.1. The summed E-state index contributed by atoms with van der Waals surface area (Å²) in [5, 5.41) is 26.9. The second kappa shape index (κ2) is 9.22. The number of fused-ring (bicyclic) bond motifs is 1. The van der Waals surface area contributed by atoms with Crippen molar-refractivity contribution in [3.8, 4) is 0 Å². The van der Waals surface area contributed by atoms with Gasteiger partial charge in [-0.05, 0) is 62.8 Å². The first-order valence-electron chi connectivity index (χ1n) is 11.1. The average Bonchev–Trinajstić information content (AvgIpc) is 2.78. The maximum Gasteiger partial charge on any atom is 0.251 e. The van der Waals surface area contributed by atoms with E-state index in [1.165, 1.54) is 0 Å². The highest BCUT2D eigenvalue weighted by molar-refractivity contribution is 5.97. The van der Waals surface area contributed by atoms with Gasteiger partial charge in [0.15, 0.2) is 0 Å². The summed E-state index contributed by atoms with van der Waals surface area (Å²) in [4.78, 5) is 21.7. The van der Waals surface area contributed by atoms with Gasteiger partial charge in [-0.1, -0.05) is 30.3 Å². The zero-order valence-corrected chi connectivity index (χ0v) is 18.5. The first kappa shape index (κ1) is 22.2. The van der Waals surface area contributed by atoms with Crippen molar-refractivity contribution in [1.29, 1.82) is 0 Å². The van der Waals surface area contributed by atoms with Crippen LogP contribution in [0.25, 0.3) is 10.9 Å². The van der Waals surface area contributed by atoms with Gasteiger partial charge in [-0.25, -0.2) is 9.97 Å². The number of rotatable bonds is 6. The lowest BCUT2D eigenvalue weighted by molar-refractivity contribution is 0.0785. The van der Waals surface area contributed by atoms with Crippen LogP contribution in [0.15, 0.2) is 48.7 Å². The molecule has 0 saturated heterocycles. The molecule has 0 bridgehead atoms. The summed E-state index contributed by atoms with van der Waals surface area (Å²) in [5.41, 5.74) is 2.14. The molecule has 7 heteroatoms. The molecule has 1 aliphatic carbocycles. The maximum absolute atomic E-state index is 12.7. The number of aliphatic hydroxyl groups excluding tert-OH is 1. The molecule has 4 N–H and O–H groups in total. The minimum absolute atomic E-state index is 0.173. The van der Waals surface area contributed by atoms with Crippen LogP contribution in [-0.4, -0.2) is 38.2 Å². The summed E-state index contributed by atoms with van der Waals surface area (Å²) >= 11 is 0. The Kier molecular flexibility index (Phi) is 6.39. The predicted octanol–water partition coefficient (Wildman–Crippen LogP) is 3.50. The maximum atomic E-state index is 12.7. The Morgan fingerprint density at radius 1 is 1.09 bits per heavy atom. The molecule has 0 radical (unpaired) electrons. The number of hydrogen-bond donors (Lipinski definition) is 4. The van der Waals surface area contributed by atoms with E-state index in [-0.39, 0.29) is 18.1 Å². The number of anilines is 1. The van der Waals surface area contributed by atoms with Crippen LogP contribution in [-0.2, 0) is 12.1 Å². The van der Waals surface area contributed by atoms with Crippen LogP contribution in [0.4, 0.5) is 5.95 Å². The van der Waals surface area contributed by atoms with Gasteiger partial charge in [0.2, 0.25) is 5.95 Å². The van der Waals surface area contributed by atoms with E-state index < -0.39 is 5.60 Å². The van der Waals surface area contributed by atoms with Crippen molar-refractivity contribution < 1.29 is 15.0 Å². The predicted molar refractivity (Wildman–Crippen MR) is 124 cm³/mol. The number of aromatic nitrogens is 2. The molecule has 3 aromatic rings. The van der Waals surface area contributed by atoms with E-state index >= 15 is 0 Å². The summed E-state index contributed by atoms with van der Waals surface area (Å²) in [6, 6.07) is 13.2. The van der Waals surface area contributed by atoms with E-state index in [1.807, 2.05) is 30.3 Å². The van der Waals surface area contributed by atoms with Crippen molar-refractivity contribution in [3.05, 3.63) is 65.4 Å². The Morgan fingerprint density at radius 2 is 1.81 bits per heavy atom. The topological polar surface area (TPSA) is 107 Å². The van der Waals surface area contributed by atoms with Gasteiger partial charge in [0, 0.05) is 29.7 Å². The van der Waals surface area contributed by atoms with E-state index in [1.54, 1.807) is 32.2 Å². The normalized spacial score (nSPS) is 19.0. The minimum Gasteiger partial charge on any atom is -0.393 e. The fourth-order valence-corrected chi connectivity index (χ4v) is 3.95. The zero-order chi connectivity index (χ0) is 22.7. The van der Waals surface area contributed by atoms with E-state index in [0.717, 1.165) is 42.2 Å². The number of nitrogens with one attached hydrogen (secondary N) is 2. The molecule has 1 amide bonds. The van der Waals surface area contributed by atoms with Crippen LogP contribution in [0, 0.1) is 0 Å². The Labute approximate surface area is 187 Å². The largest absolute Gasteiger partial charge is 0.393 e. The van der Waals surface area contributed by atoms with Crippen molar-refractivity contribution in [3.63, 3.8) is 0 Å². The Morgan fingerprint density at radius 3 is 2.50 bits per heavy atom. The second-order valence-corrected chi connectivity index (χ2v) is 9.06. The summed E-state index contributed by atoms with van der Waals surface area (Å²) < 4.78 is 0. The summed E-state index contributed by atoms with van der Waals surface area (Å²) in [6.45, 7) is 3.88. The van der Waals surface area contributed by atoms with Crippen LogP contribution >= 0.6 is 0 Å². The van der Waals surface area contributed by atoms with Gasteiger partial charge in [0.1, 0.15) is 0 Å². The Hall–Kier alpha value is -3.03. The summed E-state index contributed by atoms with van der Waals surface area (Å²) in [5.74, 6) is 0.371. The Bertz CT molecular complexity index is 1080. The van der Waals surface area contributed by atoms with Crippen LogP contribution in [0.2, 0.25) is 0 Å². The molecule has 1 heterocycles. The number of carbonyl (C=O) groups is 1. The molecule has 1 fully saturated rings. The molecule has 1 aliphatic rings. The molecule has 0 aliphatic heterocycles. The highest BCUT2D eigenvalue weighted by Gasteiger charge is 2.20. The molecule has 7 nitrogen and oxygen atoms in total. The first-order chi connectivity index (χ1) is 15.3. The third-order valence-electron chi connectivity index (χ3n) is 5.99. The SMILES string of the molecule is CC(C)(O)c1ccc(CNC(=O)c2ccc3cnc(N[C@H]4CC[C@H](O)CC4)nc3c2)cc1. The zero-order valence-electron chi connectivity index (χ0n) is 18.5. The number of nitrogens with zero attached hydrogens (tertiary/aromatic N) is 2. The minimum atomic E-state index is -0.888. The number of aliphatic hydroxyl groups is 2. The molecule has 168 valence electrons. The third-order valence-corrected chi connectivity index (χ3v) is 5.99. The monoisotopic (exact) mass is 434 g/mol. The fraction of sp³-hybridized carbons (Fsp3) is 0.400. The van der Waals surface area contributed by atoms with Gasteiger partial charge in [-0.3, -0.25) is 4.79 Å². The fourth-order valence-electron chi connectivity index (χ4n) is 3.95. The molecular formula is C25H30N4O3. The van der Waals surface area contributed by atoms with Crippen LogP contribution in [0.3, 0.4) is 0 Å². The van der Waals surface area contributed by atoms with Gasteiger partial charge >= 0.3 is 0 Å². The van der Waals surface area contributed by atoms with Crippen molar-refractivity contribution >= 4 is 22.8 Å². The molecule has 0 unspecified atom stereocenters. The van der Waals surface area contributed by atoms with Crippen molar-refractivity contribution in [2.45, 2.75) is 63.8 Å². The number of carbonyl (C=O) groups excluding carboxylic acids is 1. The lowest BCUT2D eigenvalue weighted by atomic mass is 9.93. The quantitative estimate of drug-likeness (QED) is 0.473. The van der Waals surface area contributed by atoms with Gasteiger partial charge < -0.3 is 20.8 Å². The van der Waals surface area contributed by atoms with E-state index in [4.69, 9.17) is 0 Å². The van der Waals surface area contributed by atoms with Crippen LogP contribution in [0.1, 0.15) is 61.0 Å². The van der Waals surface area contributed by atoms with Gasteiger partial charge in [0.25, 0.3) is 5.91 Å². The summed E-state index contributed by atoms with van der Waals surface area (Å²) in [7, 11) is 0. The van der Waals surface area contributed by atoms with Crippen molar-refractivity contribution in [2.24, 2.45) is 0 Å². The lowest BCUT2D eigenvalue weighted by Gasteiger charge is -2.26. The third kappa shape index (κ3) is 5.41.